The maximum Gasteiger partial charge on any atom is 0.318 e. The van der Waals surface area contributed by atoms with Crippen LogP contribution in [0.15, 0.2) is 47.4 Å². The molecule has 0 atom stereocenters. The molecular weight excluding hydrogens is 577 g/mol. The van der Waals surface area contributed by atoms with Crippen LogP contribution in [0.2, 0.25) is 0 Å². The molecule has 9 heteroatoms. The summed E-state index contributed by atoms with van der Waals surface area (Å²) in [6.45, 7) is -0.875. The molecule has 24 heavy (non-hydrogen) atoms. The topological polar surface area (TPSA) is 104 Å². The molecule has 0 aliphatic carbocycles. The van der Waals surface area contributed by atoms with Gasteiger partial charge in [-0.05, 0) is 18.0 Å². The smallest absolute Gasteiger partial charge is 0.318 e. The zero-order chi connectivity index (χ0) is 16.9. The number of carbonyl (C=O) groups excluding carboxylic acids is 1. The van der Waals surface area contributed by atoms with Gasteiger partial charge in [-0.15, -0.1) is 0 Å². The first-order chi connectivity index (χ1) is 11.0. The van der Waals surface area contributed by atoms with Gasteiger partial charge >= 0.3 is 5.97 Å². The van der Waals surface area contributed by atoms with Gasteiger partial charge in [-0.25, -0.2) is 8.42 Å². The predicted octanol–water partition coefficient (Wildman–Crippen LogP) is 0.572. The summed E-state index contributed by atoms with van der Waals surface area (Å²) in [7, 11) is -4.02. The summed E-state index contributed by atoms with van der Waals surface area (Å²) in [5.41, 5.74) is 0. The Morgan fingerprint density at radius 1 is 1.17 bits per heavy atom. The van der Waals surface area contributed by atoms with Gasteiger partial charge in [-0.1, -0.05) is 36.4 Å². The number of nitrogens with zero attached hydrogens (tertiary/aromatic N) is 1. The molecule has 0 heterocycles. The number of carbonyl (C=O) groups is 1. The molecule has 2 aromatic rings. The number of benzene rings is 2. The Kier molecular flexibility index (Phi) is 5.97. The van der Waals surface area contributed by atoms with Crippen LogP contribution in [0.5, 0.6) is 0 Å². The fourth-order valence-corrected chi connectivity index (χ4v) is 3.83. The number of sulfonamides is 1. The molecule has 0 aromatic heterocycles. The second-order valence-electron chi connectivity index (χ2n) is 4.74. The Hall–Kier alpha value is -3.45. The number of rotatable bonds is 8. The molecule has 2 N–H and O–H groups in total. The summed E-state index contributed by atoms with van der Waals surface area (Å²) in [6, 6.07) is 11.8. The summed E-state index contributed by atoms with van der Waals surface area (Å²) < 4.78 is 26.4. The van der Waals surface area contributed by atoms with Crippen LogP contribution in [0, 0.1) is 0 Å². The van der Waals surface area contributed by atoms with Gasteiger partial charge in [0.2, 0.25) is 10.0 Å². The van der Waals surface area contributed by atoms with Crippen LogP contribution in [0.4, 0.5) is 0 Å². The van der Waals surface area contributed by atoms with Gasteiger partial charge in [0.05, 0.1) is 4.90 Å². The Morgan fingerprint density at radius 2 is 1.83 bits per heavy atom. The summed E-state index contributed by atoms with van der Waals surface area (Å²) in [5, 5.41) is 12.4. The van der Waals surface area contributed by atoms with Crippen LogP contribution in [0.25, 0.3) is 10.8 Å². The van der Waals surface area contributed by atoms with E-state index < -0.39 is 22.5 Å². The van der Waals surface area contributed by atoms with Crippen LogP contribution >= 0.6 is 0 Å². The SMILES string of the molecule is O=[C-]NCCN(CC(=O)O)S(=O)(=O)c1cccc2ccccc12.[Fm]. The van der Waals surface area contributed by atoms with Gasteiger partial charge in [0.15, 0.2) is 0 Å². The van der Waals surface area contributed by atoms with Gasteiger partial charge in [0.25, 0.3) is 0 Å². The second kappa shape index (κ2) is 7.70. The number of amides is 1. The van der Waals surface area contributed by atoms with E-state index in [1.807, 2.05) is 0 Å². The van der Waals surface area contributed by atoms with Gasteiger partial charge < -0.3 is 15.2 Å². The molecule has 0 unspecified atom stereocenters. The van der Waals surface area contributed by atoms with Crippen molar-refractivity contribution in [3.05, 3.63) is 42.5 Å². The van der Waals surface area contributed by atoms with Crippen molar-refractivity contribution in [3.63, 3.8) is 0 Å². The summed E-state index contributed by atoms with van der Waals surface area (Å²) >= 11 is 0. The number of nitrogens with one attached hydrogen (secondary N) is 1. The van der Waals surface area contributed by atoms with E-state index in [9.17, 15) is 18.0 Å². The first-order valence-electron chi connectivity index (χ1n) is 6.76. The number of hydrogen-bond acceptors (Lipinski definition) is 4. The molecular formula is C15H15FmN2O5S-. The quantitative estimate of drug-likeness (QED) is 0.265. The third-order valence-corrected chi connectivity index (χ3v) is 5.14. The molecule has 0 radical (unpaired) electrons. The number of hydrogen-bond donors (Lipinski definition) is 2. The van der Waals surface area contributed by atoms with E-state index in [2.05, 4.69) is 5.32 Å². The Labute approximate surface area is 133 Å². The van der Waals surface area contributed by atoms with Crippen LogP contribution in [-0.2, 0) is 19.6 Å². The summed E-state index contributed by atoms with van der Waals surface area (Å²) in [5.74, 6) is -1.27. The van der Waals surface area contributed by atoms with Crippen molar-refractivity contribution in [2.75, 3.05) is 19.6 Å². The average Bonchev–Trinajstić information content (AvgIpc) is 2.53. The van der Waals surface area contributed by atoms with Crippen molar-refractivity contribution in [1.82, 2.24) is 9.62 Å². The predicted molar refractivity (Wildman–Crippen MR) is 84.0 cm³/mol. The molecule has 0 aliphatic heterocycles. The van der Waals surface area contributed by atoms with E-state index in [1.54, 1.807) is 36.4 Å². The number of aliphatic carboxylic acids is 1. The first-order valence-corrected chi connectivity index (χ1v) is 8.20. The summed E-state index contributed by atoms with van der Waals surface area (Å²) in [6.07, 6.45) is 1.43. The van der Waals surface area contributed by atoms with Gasteiger partial charge in [-0.2, -0.15) is 10.7 Å². The number of carboxylic acid groups (broad SMARTS) is 1. The minimum absolute atomic E-state index is 0. The van der Waals surface area contributed by atoms with Gasteiger partial charge in [0.1, 0.15) is 6.54 Å². The molecule has 1 amide bonds. The summed E-state index contributed by atoms with van der Waals surface area (Å²) in [4.78, 5) is 21.2. The maximum atomic E-state index is 12.8. The van der Waals surface area contributed by atoms with E-state index in [0.717, 1.165) is 9.69 Å². The maximum absolute atomic E-state index is 12.8. The monoisotopic (exact) mass is 592 g/mol. The van der Waals surface area contributed by atoms with Crippen molar-refractivity contribution in [2.24, 2.45) is 0 Å². The number of fused-ring (bicyclic) bond motifs is 1. The molecule has 0 saturated carbocycles. The van der Waals surface area contributed by atoms with Crippen molar-refractivity contribution in [3.8, 4) is 0 Å². The minimum Gasteiger partial charge on any atom is -0.529 e. The molecule has 0 saturated heterocycles. The molecule has 0 aliphatic rings. The van der Waals surface area contributed by atoms with Crippen LogP contribution in [0.3, 0.4) is 0 Å². The van der Waals surface area contributed by atoms with Crippen LogP contribution in [0.1, 0.15) is 0 Å². The van der Waals surface area contributed by atoms with E-state index in [1.165, 1.54) is 12.5 Å². The fourth-order valence-electron chi connectivity index (χ4n) is 2.23. The van der Waals surface area contributed by atoms with Crippen molar-refractivity contribution >= 4 is 33.2 Å². The van der Waals surface area contributed by atoms with Gasteiger partial charge in [0, 0.05) is 11.9 Å². The molecule has 7 nitrogen and oxygen atoms in total. The fraction of sp³-hybridized carbons (Fsp3) is 0.200. The van der Waals surface area contributed by atoms with E-state index in [0.29, 0.717) is 5.39 Å². The third kappa shape index (κ3) is 3.84. The normalized spacial score (nSPS) is 11.0. The molecule has 0 spiro atoms. The van der Waals surface area contributed by atoms with Crippen molar-refractivity contribution < 1.29 is 23.1 Å². The van der Waals surface area contributed by atoms with Crippen LogP contribution in [-0.4, -0.2) is 49.8 Å². The van der Waals surface area contributed by atoms with E-state index in [4.69, 9.17) is 5.11 Å². The van der Waals surface area contributed by atoms with E-state index in [-0.39, 0.29) is 18.0 Å². The molecule has 2 rings (SSSR count). The van der Waals surface area contributed by atoms with E-state index >= 15 is 0 Å². The van der Waals surface area contributed by atoms with Crippen molar-refractivity contribution in [2.45, 2.75) is 4.90 Å². The Balaban J connectivity index is 0.00000288. The average molecular weight is 592 g/mol. The molecule has 0 bridgehead atoms. The second-order valence-corrected chi connectivity index (χ2v) is 6.64. The van der Waals surface area contributed by atoms with Crippen molar-refractivity contribution in [1.29, 1.82) is 0 Å². The molecule has 0 fully saturated rings. The largest absolute Gasteiger partial charge is 0.529 e. The zero-order valence-corrected chi connectivity index (χ0v) is 15.6. The minimum atomic E-state index is -4.02. The van der Waals surface area contributed by atoms with Crippen LogP contribution < -0.4 is 5.32 Å². The van der Waals surface area contributed by atoms with Gasteiger partial charge in [-0.3, -0.25) is 4.79 Å². The standard InChI is InChI=1S/C15H15N2O5S.Fm/c18-11-16-8-9-17(10-15(19)20)23(21,22)14-7-3-5-12-4-1-2-6-13(12)14;/h1-7H,8-10H2,(H,16,18)(H,19,20);/q-1;. The third-order valence-electron chi connectivity index (χ3n) is 3.24. The first kappa shape index (κ1) is 18.6. The Morgan fingerprint density at radius 3 is 2.50 bits per heavy atom. The zero-order valence-electron chi connectivity index (χ0n) is 12.4. The Bertz CT molecular complexity index is 820. The molecule has 2 aromatic carbocycles. The number of carboxylic acids is 1. The molecule has 134 valence electrons.